The Hall–Kier alpha value is -4.91. The zero-order chi connectivity index (χ0) is 38.2. The smallest absolute Gasteiger partial charge is 0.408 e. The molecule has 14 heteroatoms. The van der Waals surface area contributed by atoms with Crippen LogP contribution < -0.4 is 15.4 Å². The highest BCUT2D eigenvalue weighted by Gasteiger charge is 2.61. The van der Waals surface area contributed by atoms with Gasteiger partial charge < -0.3 is 30.1 Å². The molecule has 0 bridgehead atoms. The molecule has 2 aliphatic rings. The summed E-state index contributed by atoms with van der Waals surface area (Å²) in [6, 6.07) is 11.8. The molecule has 5 atom stereocenters. The van der Waals surface area contributed by atoms with E-state index in [0.717, 1.165) is 5.56 Å². The average molecular weight is 735 g/mol. The second-order valence-corrected chi connectivity index (χ2v) is 15.8. The van der Waals surface area contributed by atoms with Crippen LogP contribution in [0.3, 0.4) is 0 Å². The minimum Gasteiger partial charge on any atom is -0.494 e. The molecule has 1 aliphatic carbocycles. The zero-order valence-electron chi connectivity index (χ0n) is 30.6. The normalized spacial score (nSPS) is 21.9. The number of carbonyl (C=O) groups is 4. The van der Waals surface area contributed by atoms with E-state index < -0.39 is 64.5 Å². The largest absolute Gasteiger partial charge is 0.494 e. The van der Waals surface area contributed by atoms with Gasteiger partial charge in [0.25, 0.3) is 0 Å². The number of benzene rings is 2. The summed E-state index contributed by atoms with van der Waals surface area (Å²) < 4.78 is 11.1. The number of rotatable bonds is 11. The number of aromatic nitrogens is 3. The number of hydrogen-bond acceptors (Lipinski definition) is 8. The van der Waals surface area contributed by atoms with Gasteiger partial charge >= 0.3 is 12.1 Å². The van der Waals surface area contributed by atoms with Crippen LogP contribution in [-0.2, 0) is 19.1 Å². The van der Waals surface area contributed by atoms with E-state index in [4.69, 9.17) is 31.3 Å². The van der Waals surface area contributed by atoms with Gasteiger partial charge in [0.2, 0.25) is 11.8 Å². The first kappa shape index (κ1) is 38.3. The summed E-state index contributed by atoms with van der Waals surface area (Å²) in [5.74, 6) is -2.12. The molecular formula is C38H47ClN6O7. The molecule has 1 saturated carbocycles. The minimum absolute atomic E-state index is 0.00313. The maximum absolute atomic E-state index is 14.5. The van der Waals surface area contributed by atoms with Crippen molar-refractivity contribution < 1.29 is 33.8 Å². The van der Waals surface area contributed by atoms with Gasteiger partial charge in [-0.15, -0.1) is 6.58 Å². The van der Waals surface area contributed by atoms with Crippen molar-refractivity contribution in [3.63, 3.8) is 0 Å². The number of nitrogens with zero attached hydrogens (tertiary/aromatic N) is 4. The van der Waals surface area contributed by atoms with Crippen LogP contribution >= 0.6 is 11.6 Å². The molecule has 3 amide bonds. The van der Waals surface area contributed by atoms with Crippen LogP contribution in [0.5, 0.6) is 5.75 Å². The summed E-state index contributed by atoms with van der Waals surface area (Å²) in [5.41, 5.74) is -0.586. The van der Waals surface area contributed by atoms with Crippen molar-refractivity contribution in [3.8, 4) is 28.3 Å². The number of nitrogens with one attached hydrogen (secondary N) is 2. The summed E-state index contributed by atoms with van der Waals surface area (Å²) in [5, 5.41) is 25.8. The van der Waals surface area contributed by atoms with E-state index in [1.54, 1.807) is 53.7 Å². The van der Waals surface area contributed by atoms with E-state index in [1.807, 2.05) is 43.3 Å². The molecule has 2 fully saturated rings. The van der Waals surface area contributed by atoms with Crippen molar-refractivity contribution in [2.45, 2.75) is 90.6 Å². The molecule has 1 aromatic heterocycles. The van der Waals surface area contributed by atoms with Crippen LogP contribution in [0.25, 0.3) is 22.5 Å². The fraction of sp³-hybridized carbons (Fsp3) is 0.474. The highest BCUT2D eigenvalue weighted by Crippen LogP contribution is 2.45. The van der Waals surface area contributed by atoms with Crippen molar-refractivity contribution in [2.24, 2.45) is 11.3 Å². The Morgan fingerprint density at radius 1 is 1.06 bits per heavy atom. The first-order valence-corrected chi connectivity index (χ1v) is 17.7. The van der Waals surface area contributed by atoms with Gasteiger partial charge in [-0.25, -0.2) is 9.59 Å². The van der Waals surface area contributed by atoms with E-state index in [1.165, 1.54) is 15.8 Å². The predicted molar refractivity (Wildman–Crippen MR) is 196 cm³/mol. The number of alkyl carbamates (subject to hydrolysis) is 1. The van der Waals surface area contributed by atoms with Crippen molar-refractivity contribution in [1.29, 1.82) is 0 Å². The molecule has 0 radical (unpaired) electrons. The monoisotopic (exact) mass is 734 g/mol. The summed E-state index contributed by atoms with van der Waals surface area (Å²) in [6.07, 6.45) is 0.973. The lowest BCUT2D eigenvalue weighted by Crippen LogP contribution is -2.59. The van der Waals surface area contributed by atoms with Crippen molar-refractivity contribution in [1.82, 2.24) is 30.5 Å². The van der Waals surface area contributed by atoms with Crippen LogP contribution in [0.1, 0.15) is 67.3 Å². The molecular weight excluding hydrogens is 688 g/mol. The lowest BCUT2D eigenvalue weighted by molar-refractivity contribution is -0.146. The molecule has 3 aromatic rings. The Morgan fingerprint density at radius 2 is 1.71 bits per heavy atom. The number of carbonyl (C=O) groups excluding carboxylic acids is 3. The highest BCUT2D eigenvalue weighted by atomic mass is 35.5. The number of carboxylic acid groups (broad SMARTS) is 1. The summed E-state index contributed by atoms with van der Waals surface area (Å²) in [4.78, 5) is 56.8. The van der Waals surface area contributed by atoms with E-state index in [9.17, 15) is 24.3 Å². The maximum Gasteiger partial charge on any atom is 0.408 e. The second kappa shape index (κ2) is 14.6. The molecule has 278 valence electrons. The summed E-state index contributed by atoms with van der Waals surface area (Å²) >= 11 is 6.38. The molecule has 52 heavy (non-hydrogen) atoms. The number of carboxylic acids is 1. The number of aliphatic carboxylic acids is 1. The first-order valence-electron chi connectivity index (χ1n) is 17.3. The fourth-order valence-electron chi connectivity index (χ4n) is 6.42. The van der Waals surface area contributed by atoms with Crippen LogP contribution in [0.4, 0.5) is 4.79 Å². The quantitative estimate of drug-likeness (QED) is 0.204. The minimum atomic E-state index is -1.52. The van der Waals surface area contributed by atoms with E-state index in [0.29, 0.717) is 34.3 Å². The molecule has 5 unspecified atom stereocenters. The highest BCUT2D eigenvalue weighted by molar-refractivity contribution is 6.30. The van der Waals surface area contributed by atoms with Gasteiger partial charge in [-0.05, 0) is 75.9 Å². The lowest BCUT2D eigenvalue weighted by atomic mass is 9.85. The summed E-state index contributed by atoms with van der Waals surface area (Å²) in [7, 11) is 0. The Balaban J connectivity index is 1.55. The lowest BCUT2D eigenvalue weighted by Gasteiger charge is -2.36. The number of amides is 3. The van der Waals surface area contributed by atoms with Gasteiger partial charge in [-0.3, -0.25) is 9.59 Å². The van der Waals surface area contributed by atoms with Crippen molar-refractivity contribution in [2.75, 3.05) is 13.2 Å². The van der Waals surface area contributed by atoms with Gasteiger partial charge in [-0.1, -0.05) is 50.6 Å². The van der Waals surface area contributed by atoms with Crippen LogP contribution in [0.2, 0.25) is 5.02 Å². The Morgan fingerprint density at radius 3 is 2.25 bits per heavy atom. The van der Waals surface area contributed by atoms with Crippen LogP contribution in [0, 0.1) is 11.3 Å². The van der Waals surface area contributed by atoms with Gasteiger partial charge in [0.05, 0.1) is 12.6 Å². The topological polar surface area (TPSA) is 165 Å². The Labute approximate surface area is 308 Å². The molecule has 3 N–H and O–H groups in total. The third kappa shape index (κ3) is 8.25. The van der Waals surface area contributed by atoms with E-state index in [2.05, 4.69) is 17.2 Å². The molecule has 5 rings (SSSR count). The number of ether oxygens (including phenoxy) is 2. The summed E-state index contributed by atoms with van der Waals surface area (Å²) in [6.45, 7) is 16.7. The molecule has 2 aromatic carbocycles. The van der Waals surface area contributed by atoms with Crippen molar-refractivity contribution in [3.05, 3.63) is 66.2 Å². The van der Waals surface area contributed by atoms with Gasteiger partial charge in [0.15, 0.2) is 0 Å². The van der Waals surface area contributed by atoms with Gasteiger partial charge in [0, 0.05) is 35.0 Å². The first-order chi connectivity index (χ1) is 24.4. The standard InChI is InChI=1S/C38H47ClN6O7/c1-9-24-20-38(24,34(48)49)41-32(46)28-19-26(21-44(28)33(47)31(36(3,4)5)40-35(50)52-37(6,7)8)45-42-29(22-14-16-27(17-15-22)51-10-2)30(43-45)23-12-11-13-25(39)18-23/h9,11-18,24,26,28,31H,1,10,19-21H2,2-8H3,(H,40,50)(H,41,46)(H,48,49). The molecule has 0 spiro atoms. The molecule has 2 heterocycles. The van der Waals surface area contributed by atoms with Crippen molar-refractivity contribution >= 4 is 35.5 Å². The van der Waals surface area contributed by atoms with E-state index >= 15 is 0 Å². The SMILES string of the molecule is C=CC1CC1(NC(=O)C1CC(n2nc(-c3ccc(OCC)cc3)c(-c3cccc(Cl)c3)n2)CN1C(=O)C(NC(=O)OC(C)(C)C)C(C)(C)C)C(=O)O. The molecule has 1 saturated heterocycles. The third-order valence-corrected chi connectivity index (χ3v) is 9.39. The molecule has 1 aliphatic heterocycles. The zero-order valence-corrected chi connectivity index (χ0v) is 31.4. The van der Waals surface area contributed by atoms with Crippen LogP contribution in [-0.4, -0.2) is 85.3 Å². The van der Waals surface area contributed by atoms with Crippen LogP contribution in [0.15, 0.2) is 61.2 Å². The Bertz CT molecular complexity index is 1850. The average Bonchev–Trinajstić information content (AvgIpc) is 3.37. The number of hydrogen-bond donors (Lipinski definition) is 3. The van der Waals surface area contributed by atoms with E-state index in [-0.39, 0.29) is 19.4 Å². The predicted octanol–water partition coefficient (Wildman–Crippen LogP) is 5.89. The molecule has 13 nitrogen and oxygen atoms in total. The fourth-order valence-corrected chi connectivity index (χ4v) is 6.61. The third-order valence-electron chi connectivity index (χ3n) is 9.16. The Kier molecular flexibility index (Phi) is 10.8. The number of likely N-dealkylation sites (tertiary alicyclic amines) is 1. The maximum atomic E-state index is 14.5. The van der Waals surface area contributed by atoms with Gasteiger partial charge in [0.1, 0.15) is 40.4 Å². The van der Waals surface area contributed by atoms with Gasteiger partial charge in [-0.2, -0.15) is 15.0 Å². The second-order valence-electron chi connectivity index (χ2n) is 15.3. The number of halogens is 1.